The van der Waals surface area contributed by atoms with Crippen LogP contribution in [0.5, 0.6) is 0 Å². The van der Waals surface area contributed by atoms with Crippen LogP contribution in [0.2, 0.25) is 0 Å². The maximum absolute atomic E-state index is 12.1. The van der Waals surface area contributed by atoms with Crippen molar-refractivity contribution in [1.82, 2.24) is 4.98 Å². The molecule has 2 aromatic carbocycles. The van der Waals surface area contributed by atoms with Gasteiger partial charge in [0.1, 0.15) is 5.00 Å². The zero-order valence-corrected chi connectivity index (χ0v) is 16.9. The van der Waals surface area contributed by atoms with E-state index in [1.165, 1.54) is 11.3 Å². The quantitative estimate of drug-likeness (QED) is 0.346. The lowest BCUT2D eigenvalue weighted by molar-refractivity contribution is -0.116. The maximum atomic E-state index is 12.1. The van der Waals surface area contributed by atoms with Crippen LogP contribution in [-0.2, 0) is 4.79 Å². The highest BCUT2D eigenvalue weighted by Crippen LogP contribution is 2.31. The number of benzene rings is 2. The monoisotopic (exact) mass is 446 g/mol. The number of unbranched alkanes of at least 4 members (excludes halogenated alkanes) is 1. The van der Waals surface area contributed by atoms with Crippen molar-refractivity contribution in [3.63, 3.8) is 0 Å². The lowest BCUT2D eigenvalue weighted by Crippen LogP contribution is -2.17. The summed E-state index contributed by atoms with van der Waals surface area (Å²) in [6.07, 6.45) is 2.06. The fourth-order valence-electron chi connectivity index (χ4n) is 2.59. The van der Waals surface area contributed by atoms with Gasteiger partial charge in [-0.15, -0.1) is 0 Å². The van der Waals surface area contributed by atoms with Gasteiger partial charge >= 0.3 is 0 Å². The van der Waals surface area contributed by atoms with Crippen LogP contribution in [0.4, 0.5) is 15.8 Å². The van der Waals surface area contributed by atoms with Crippen LogP contribution < -0.4 is 16.4 Å². The fraction of sp³-hybridized carbons (Fsp3) is 0.211. The third-order valence-electron chi connectivity index (χ3n) is 3.90. The molecule has 1 aromatic heterocycles. The van der Waals surface area contributed by atoms with E-state index in [1.54, 1.807) is 0 Å². The summed E-state index contributed by atoms with van der Waals surface area (Å²) >= 11 is 4.53. The van der Waals surface area contributed by atoms with E-state index >= 15 is 0 Å². The van der Waals surface area contributed by atoms with Crippen molar-refractivity contribution in [3.8, 4) is 0 Å². The number of carbonyl (C=O) groups excluding carboxylic acids is 2. The second-order valence-corrected chi connectivity index (χ2v) is 7.73. The molecule has 0 fully saturated rings. The molecule has 0 saturated carbocycles. The normalized spacial score (nSPS) is 10.7. The number of primary amides is 1. The number of nitrogens with one attached hydrogen (secondary N) is 2. The fourth-order valence-corrected chi connectivity index (χ4v) is 3.89. The van der Waals surface area contributed by atoms with Crippen molar-refractivity contribution in [3.05, 3.63) is 48.2 Å². The molecule has 0 bridgehead atoms. The van der Waals surface area contributed by atoms with E-state index < -0.39 is 5.91 Å². The van der Waals surface area contributed by atoms with Crippen molar-refractivity contribution in [2.24, 2.45) is 5.73 Å². The number of hydrogen-bond acceptors (Lipinski definition) is 5. The van der Waals surface area contributed by atoms with Crippen molar-refractivity contribution in [2.45, 2.75) is 19.3 Å². The first-order valence-corrected chi connectivity index (χ1v) is 10.4. The Labute approximate surface area is 169 Å². The average molecular weight is 447 g/mol. The summed E-state index contributed by atoms with van der Waals surface area (Å²) in [4.78, 5) is 28.0. The Morgan fingerprint density at radius 3 is 2.63 bits per heavy atom. The summed E-state index contributed by atoms with van der Waals surface area (Å²) in [5.74, 6) is -0.826. The molecule has 0 atom stereocenters. The average Bonchev–Trinajstić information content (AvgIpc) is 3.04. The molecular weight excluding hydrogens is 428 g/mol. The first kappa shape index (κ1) is 19.3. The number of carbonyl (C=O) groups is 2. The van der Waals surface area contributed by atoms with Crippen LogP contribution in [0.25, 0.3) is 10.8 Å². The van der Waals surface area contributed by atoms with Crippen molar-refractivity contribution in [2.75, 3.05) is 16.0 Å². The minimum Gasteiger partial charge on any atom is -0.364 e. The molecule has 3 rings (SSSR count). The van der Waals surface area contributed by atoms with Crippen LogP contribution >= 0.6 is 27.3 Å². The minimum absolute atomic E-state index is 0.0668. The number of amides is 2. The molecule has 0 saturated heterocycles. The van der Waals surface area contributed by atoms with Crippen molar-refractivity contribution >= 4 is 65.7 Å². The van der Waals surface area contributed by atoms with Gasteiger partial charge < -0.3 is 16.4 Å². The summed E-state index contributed by atoms with van der Waals surface area (Å²) in [5.41, 5.74) is 6.32. The van der Waals surface area contributed by atoms with Crippen LogP contribution in [0.1, 0.15) is 29.8 Å². The van der Waals surface area contributed by atoms with E-state index in [-0.39, 0.29) is 11.6 Å². The Bertz CT molecular complexity index is 973. The van der Waals surface area contributed by atoms with Crippen molar-refractivity contribution < 1.29 is 9.59 Å². The molecule has 0 aliphatic heterocycles. The highest BCUT2D eigenvalue weighted by atomic mass is 79.9. The number of fused-ring (bicyclic) bond motifs is 1. The minimum atomic E-state index is -0.673. The second kappa shape index (κ2) is 8.96. The smallest absolute Gasteiger partial charge is 0.270 e. The van der Waals surface area contributed by atoms with Gasteiger partial charge in [0.2, 0.25) is 5.91 Å². The predicted molar refractivity (Wildman–Crippen MR) is 114 cm³/mol. The van der Waals surface area contributed by atoms with Gasteiger partial charge in [-0.1, -0.05) is 57.6 Å². The zero-order chi connectivity index (χ0) is 19.2. The summed E-state index contributed by atoms with van der Waals surface area (Å²) in [6.45, 7) is 0. The summed E-state index contributed by atoms with van der Waals surface area (Å²) in [5, 5.41) is 9.87. The number of thiazole rings is 1. The van der Waals surface area contributed by atoms with Gasteiger partial charge in [0.25, 0.3) is 5.91 Å². The largest absolute Gasteiger partial charge is 0.364 e. The Balaban J connectivity index is 1.77. The van der Waals surface area contributed by atoms with Crippen LogP contribution in [-0.4, -0.2) is 22.1 Å². The van der Waals surface area contributed by atoms with Gasteiger partial charge in [0.05, 0.1) is 0 Å². The SMILES string of the molecule is NC(=O)c1nc(Nc2ccc3ccccc3c2)sc1NC(=O)CCCCBr. The number of alkyl halides is 1. The summed E-state index contributed by atoms with van der Waals surface area (Å²) in [7, 11) is 0. The van der Waals surface area contributed by atoms with Gasteiger partial charge in [-0.2, -0.15) is 0 Å². The van der Waals surface area contributed by atoms with Crippen LogP contribution in [0.15, 0.2) is 42.5 Å². The number of rotatable bonds is 8. The maximum Gasteiger partial charge on any atom is 0.270 e. The second-order valence-electron chi connectivity index (χ2n) is 5.94. The molecule has 0 spiro atoms. The molecule has 140 valence electrons. The van der Waals surface area contributed by atoms with Gasteiger partial charge in [0, 0.05) is 17.4 Å². The molecule has 0 unspecified atom stereocenters. The summed E-state index contributed by atoms with van der Waals surface area (Å²) in [6, 6.07) is 14.0. The van der Waals surface area contributed by atoms with Crippen molar-refractivity contribution in [1.29, 1.82) is 0 Å². The number of halogens is 1. The molecule has 2 amide bonds. The standard InChI is InChI=1S/C19H19BrN4O2S/c20-10-4-3-7-15(25)23-18-16(17(21)26)24-19(27-18)22-14-9-8-12-5-1-2-6-13(12)11-14/h1-2,5-6,8-9,11H,3-4,7,10H2,(H2,21,26)(H,22,24)(H,23,25). The highest BCUT2D eigenvalue weighted by molar-refractivity contribution is 9.09. The lowest BCUT2D eigenvalue weighted by atomic mass is 10.1. The zero-order valence-electron chi connectivity index (χ0n) is 14.5. The van der Waals surface area contributed by atoms with E-state index in [9.17, 15) is 9.59 Å². The molecular formula is C19H19BrN4O2S. The van der Waals surface area contributed by atoms with Gasteiger partial charge in [0.15, 0.2) is 10.8 Å². The highest BCUT2D eigenvalue weighted by Gasteiger charge is 2.18. The Morgan fingerprint density at radius 2 is 1.89 bits per heavy atom. The third-order valence-corrected chi connectivity index (χ3v) is 5.35. The lowest BCUT2D eigenvalue weighted by Gasteiger charge is -2.04. The number of hydrogen-bond donors (Lipinski definition) is 3. The first-order valence-electron chi connectivity index (χ1n) is 8.49. The molecule has 3 aromatic rings. The predicted octanol–water partition coefficient (Wildman–Crippen LogP) is 4.64. The number of aromatic nitrogens is 1. The molecule has 8 heteroatoms. The van der Waals surface area contributed by atoms with Crippen LogP contribution in [0.3, 0.4) is 0 Å². The number of nitrogens with zero attached hydrogens (tertiary/aromatic N) is 1. The molecule has 0 aliphatic carbocycles. The van der Waals surface area contributed by atoms with E-state index in [0.717, 1.165) is 34.6 Å². The van der Waals surface area contributed by atoms with E-state index in [0.29, 0.717) is 16.6 Å². The molecule has 4 N–H and O–H groups in total. The van der Waals surface area contributed by atoms with E-state index in [2.05, 4.69) is 31.5 Å². The molecule has 0 aliphatic rings. The number of nitrogens with two attached hydrogens (primary N) is 1. The Morgan fingerprint density at radius 1 is 1.11 bits per heavy atom. The van der Waals surface area contributed by atoms with E-state index in [1.807, 2.05) is 42.5 Å². The Kier molecular flexibility index (Phi) is 6.41. The molecule has 1 heterocycles. The topological polar surface area (TPSA) is 97.1 Å². The van der Waals surface area contributed by atoms with Crippen LogP contribution in [0, 0.1) is 0 Å². The van der Waals surface area contributed by atoms with Gasteiger partial charge in [-0.05, 0) is 35.7 Å². The number of anilines is 3. The first-order chi connectivity index (χ1) is 13.1. The molecule has 27 heavy (non-hydrogen) atoms. The van der Waals surface area contributed by atoms with E-state index in [4.69, 9.17) is 5.73 Å². The molecule has 0 radical (unpaired) electrons. The van der Waals surface area contributed by atoms with Gasteiger partial charge in [-0.25, -0.2) is 4.98 Å². The third kappa shape index (κ3) is 5.05. The molecule has 6 nitrogen and oxygen atoms in total. The summed E-state index contributed by atoms with van der Waals surface area (Å²) < 4.78 is 0. The van der Waals surface area contributed by atoms with Gasteiger partial charge in [-0.3, -0.25) is 9.59 Å². The Hall–Kier alpha value is -2.45.